The largest absolute Gasteiger partial charge is 0.378 e. The van der Waals surface area contributed by atoms with Crippen molar-refractivity contribution in [3.8, 4) is 0 Å². The number of hydrogen-bond donors (Lipinski definition) is 1. The van der Waals surface area contributed by atoms with Gasteiger partial charge in [-0.3, -0.25) is 4.68 Å². The van der Waals surface area contributed by atoms with Crippen LogP contribution in [0.4, 0.5) is 5.69 Å². The molecule has 0 spiro atoms. The molecule has 1 N–H and O–H groups in total. The molecular formula is C14H15ClN4S. The number of aromatic nitrogens is 3. The Morgan fingerprint density at radius 2 is 2.25 bits per heavy atom. The van der Waals surface area contributed by atoms with Gasteiger partial charge in [-0.05, 0) is 18.6 Å². The van der Waals surface area contributed by atoms with E-state index >= 15 is 0 Å². The number of anilines is 1. The Kier molecular flexibility index (Phi) is 3.63. The molecule has 6 heteroatoms. The van der Waals surface area contributed by atoms with Crippen LogP contribution >= 0.6 is 22.9 Å². The minimum absolute atomic E-state index is 0.699. The van der Waals surface area contributed by atoms with Gasteiger partial charge in [0.25, 0.3) is 0 Å². The normalized spacial score (nSPS) is 11.2. The Balaban J connectivity index is 1.90. The molecule has 3 aromatic rings. The second-order valence-electron chi connectivity index (χ2n) is 4.60. The first-order valence-electron chi connectivity index (χ1n) is 6.46. The van der Waals surface area contributed by atoms with Gasteiger partial charge >= 0.3 is 0 Å². The fourth-order valence-electron chi connectivity index (χ4n) is 2.29. The molecule has 20 heavy (non-hydrogen) atoms. The number of nitrogens with one attached hydrogen (secondary N) is 1. The van der Waals surface area contributed by atoms with Crippen molar-refractivity contribution in [1.82, 2.24) is 14.8 Å². The van der Waals surface area contributed by atoms with Gasteiger partial charge in [0, 0.05) is 25.4 Å². The summed E-state index contributed by atoms with van der Waals surface area (Å²) in [4.78, 5) is 4.39. The number of hydrogen-bond acceptors (Lipinski definition) is 4. The molecule has 104 valence electrons. The monoisotopic (exact) mass is 306 g/mol. The predicted molar refractivity (Wildman–Crippen MR) is 84.5 cm³/mol. The summed E-state index contributed by atoms with van der Waals surface area (Å²) in [5.41, 5.74) is 5.98. The molecule has 2 heterocycles. The van der Waals surface area contributed by atoms with Crippen LogP contribution in [-0.2, 0) is 20.0 Å². The van der Waals surface area contributed by atoms with Gasteiger partial charge in [0.1, 0.15) is 5.52 Å². The van der Waals surface area contributed by atoms with Crippen molar-refractivity contribution in [2.45, 2.75) is 19.9 Å². The average molecular weight is 307 g/mol. The Morgan fingerprint density at radius 1 is 1.40 bits per heavy atom. The molecule has 0 aliphatic rings. The van der Waals surface area contributed by atoms with Crippen LogP contribution in [0.25, 0.3) is 10.2 Å². The summed E-state index contributed by atoms with van der Waals surface area (Å²) in [6.07, 6.45) is 2.97. The van der Waals surface area contributed by atoms with E-state index in [0.717, 1.165) is 28.0 Å². The molecule has 4 nitrogen and oxygen atoms in total. The minimum atomic E-state index is 0.699. The number of benzene rings is 1. The van der Waals surface area contributed by atoms with Crippen molar-refractivity contribution in [1.29, 1.82) is 0 Å². The third-order valence-corrected chi connectivity index (χ3v) is 4.34. The highest BCUT2D eigenvalue weighted by atomic mass is 35.5. The van der Waals surface area contributed by atoms with Crippen LogP contribution < -0.4 is 5.32 Å². The lowest BCUT2D eigenvalue weighted by molar-refractivity contribution is 0.746. The fraction of sp³-hybridized carbons (Fsp3) is 0.286. The Morgan fingerprint density at radius 3 is 3.05 bits per heavy atom. The third kappa shape index (κ3) is 2.39. The first kappa shape index (κ1) is 13.4. The molecule has 0 saturated heterocycles. The maximum atomic E-state index is 6.29. The number of thiazole rings is 1. The zero-order valence-corrected chi connectivity index (χ0v) is 12.9. The second kappa shape index (κ2) is 5.42. The Hall–Kier alpha value is -1.59. The molecule has 0 aliphatic heterocycles. The summed E-state index contributed by atoms with van der Waals surface area (Å²) in [6.45, 7) is 2.81. The van der Waals surface area contributed by atoms with Gasteiger partial charge in [0.2, 0.25) is 0 Å². The highest BCUT2D eigenvalue weighted by Gasteiger charge is 2.10. The summed E-state index contributed by atoms with van der Waals surface area (Å²) >= 11 is 7.90. The van der Waals surface area contributed by atoms with Gasteiger partial charge < -0.3 is 5.32 Å². The highest BCUT2D eigenvalue weighted by molar-refractivity contribution is 7.16. The van der Waals surface area contributed by atoms with Crippen LogP contribution in [0.15, 0.2) is 23.8 Å². The van der Waals surface area contributed by atoms with Gasteiger partial charge in [-0.15, -0.1) is 11.3 Å². The van der Waals surface area contributed by atoms with E-state index in [4.69, 9.17) is 11.6 Å². The van der Waals surface area contributed by atoms with E-state index in [2.05, 4.69) is 22.3 Å². The Labute approximate surface area is 126 Å². The highest BCUT2D eigenvalue weighted by Crippen LogP contribution is 2.32. The number of fused-ring (bicyclic) bond motifs is 1. The molecule has 0 fully saturated rings. The van der Waals surface area contributed by atoms with Crippen LogP contribution in [0.3, 0.4) is 0 Å². The topological polar surface area (TPSA) is 42.7 Å². The van der Waals surface area contributed by atoms with Crippen molar-refractivity contribution in [3.63, 3.8) is 0 Å². The molecule has 0 radical (unpaired) electrons. The summed E-state index contributed by atoms with van der Waals surface area (Å²) in [6, 6.07) is 3.91. The third-order valence-electron chi connectivity index (χ3n) is 3.23. The lowest BCUT2D eigenvalue weighted by Gasteiger charge is -2.09. The van der Waals surface area contributed by atoms with E-state index in [1.165, 1.54) is 5.56 Å². The SMILES string of the molecule is CCc1nn(C)cc1CNc1c(Cl)ccc2scnc12. The van der Waals surface area contributed by atoms with E-state index in [1.807, 2.05) is 35.6 Å². The maximum Gasteiger partial charge on any atom is 0.106 e. The molecule has 0 saturated carbocycles. The zero-order valence-electron chi connectivity index (χ0n) is 11.4. The van der Waals surface area contributed by atoms with Crippen LogP contribution in [0, 0.1) is 0 Å². The van der Waals surface area contributed by atoms with Gasteiger partial charge in [0.05, 0.1) is 26.6 Å². The van der Waals surface area contributed by atoms with E-state index in [-0.39, 0.29) is 0 Å². The summed E-state index contributed by atoms with van der Waals surface area (Å²) < 4.78 is 2.99. The van der Waals surface area contributed by atoms with Gasteiger partial charge in [0.15, 0.2) is 0 Å². The van der Waals surface area contributed by atoms with E-state index in [9.17, 15) is 0 Å². The molecule has 0 amide bonds. The maximum absolute atomic E-state index is 6.29. The lowest BCUT2D eigenvalue weighted by atomic mass is 10.2. The quantitative estimate of drug-likeness (QED) is 0.796. The van der Waals surface area contributed by atoms with Gasteiger partial charge in [-0.25, -0.2) is 4.98 Å². The first-order valence-corrected chi connectivity index (χ1v) is 7.71. The molecule has 0 unspecified atom stereocenters. The van der Waals surface area contributed by atoms with Crippen molar-refractivity contribution in [2.75, 3.05) is 5.32 Å². The molecule has 2 aromatic heterocycles. The Bertz CT molecular complexity index is 747. The number of aryl methyl sites for hydroxylation is 2. The van der Waals surface area contributed by atoms with Crippen LogP contribution in [-0.4, -0.2) is 14.8 Å². The lowest BCUT2D eigenvalue weighted by Crippen LogP contribution is -2.02. The summed E-state index contributed by atoms with van der Waals surface area (Å²) in [5, 5.41) is 8.55. The van der Waals surface area contributed by atoms with Crippen molar-refractivity contribution in [2.24, 2.45) is 7.05 Å². The molecular weight excluding hydrogens is 292 g/mol. The van der Waals surface area contributed by atoms with Gasteiger partial charge in [-0.1, -0.05) is 18.5 Å². The predicted octanol–water partition coefficient (Wildman–Crippen LogP) is 3.86. The smallest absolute Gasteiger partial charge is 0.106 e. The first-order chi connectivity index (χ1) is 9.69. The van der Waals surface area contributed by atoms with Crippen molar-refractivity contribution >= 4 is 38.8 Å². The van der Waals surface area contributed by atoms with Crippen molar-refractivity contribution < 1.29 is 0 Å². The summed E-state index contributed by atoms with van der Waals surface area (Å²) in [5.74, 6) is 0. The number of halogens is 1. The molecule has 0 atom stereocenters. The zero-order chi connectivity index (χ0) is 14.1. The summed E-state index contributed by atoms with van der Waals surface area (Å²) in [7, 11) is 1.94. The number of rotatable bonds is 4. The van der Waals surface area contributed by atoms with E-state index < -0.39 is 0 Å². The van der Waals surface area contributed by atoms with Crippen LogP contribution in [0.1, 0.15) is 18.2 Å². The average Bonchev–Trinajstić information content (AvgIpc) is 3.03. The number of nitrogens with zero attached hydrogens (tertiary/aromatic N) is 3. The standard InChI is InChI=1S/C14H15ClN4S/c1-3-11-9(7-19(2)18-11)6-16-13-10(15)4-5-12-14(13)17-8-20-12/h4-5,7-8,16H,3,6H2,1-2H3. The van der Waals surface area contributed by atoms with Gasteiger partial charge in [-0.2, -0.15) is 5.10 Å². The van der Waals surface area contributed by atoms with E-state index in [0.29, 0.717) is 11.6 Å². The second-order valence-corrected chi connectivity index (χ2v) is 5.90. The molecule has 1 aromatic carbocycles. The molecule has 0 aliphatic carbocycles. The van der Waals surface area contributed by atoms with E-state index in [1.54, 1.807) is 11.3 Å². The van der Waals surface area contributed by atoms with Crippen molar-refractivity contribution in [3.05, 3.63) is 40.1 Å². The fourth-order valence-corrected chi connectivity index (χ4v) is 3.19. The molecule has 0 bridgehead atoms. The molecule has 3 rings (SSSR count). The minimum Gasteiger partial charge on any atom is -0.378 e. The van der Waals surface area contributed by atoms with Crippen LogP contribution in [0.2, 0.25) is 5.02 Å². The van der Waals surface area contributed by atoms with Crippen LogP contribution in [0.5, 0.6) is 0 Å².